The minimum absolute atomic E-state index is 0.0475. The van der Waals surface area contributed by atoms with E-state index in [2.05, 4.69) is 15.6 Å². The highest BCUT2D eigenvalue weighted by Crippen LogP contribution is 2.27. The van der Waals surface area contributed by atoms with Crippen molar-refractivity contribution in [2.24, 2.45) is 5.41 Å². The van der Waals surface area contributed by atoms with Gasteiger partial charge in [-0.25, -0.2) is 4.98 Å². The number of carbonyl (C=O) groups is 3. The molecule has 3 atom stereocenters. The molecule has 0 aliphatic carbocycles. The number of rotatable bonds is 6. The highest BCUT2D eigenvalue weighted by atomic mass is 127. The first-order chi connectivity index (χ1) is 15.5. The van der Waals surface area contributed by atoms with Crippen LogP contribution in [0.2, 0.25) is 0 Å². The van der Waals surface area contributed by atoms with Crippen molar-refractivity contribution in [2.45, 2.75) is 58.8 Å². The van der Waals surface area contributed by atoms with Gasteiger partial charge >= 0.3 is 0 Å². The van der Waals surface area contributed by atoms with Gasteiger partial charge in [0.25, 0.3) is 3.91 Å². The predicted octanol–water partition coefficient (Wildman–Crippen LogP) is 2.79. The first kappa shape index (κ1) is 25.2. The lowest BCUT2D eigenvalue weighted by Gasteiger charge is -2.34. The summed E-state index contributed by atoms with van der Waals surface area (Å²) in [6, 6.07) is 5.94. The van der Waals surface area contributed by atoms with E-state index in [4.69, 9.17) is 4.42 Å². The fraction of sp³-hybridized carbons (Fsp3) is 0.478. The molecule has 0 bridgehead atoms. The van der Waals surface area contributed by atoms with Crippen LogP contribution >= 0.6 is 22.6 Å². The maximum atomic E-state index is 13.2. The Balaban J connectivity index is 1.67. The average molecular weight is 568 g/mol. The number of hydrogen-bond acceptors (Lipinski definition) is 6. The lowest BCUT2D eigenvalue weighted by Crippen LogP contribution is -2.57. The average Bonchev–Trinajstić information content (AvgIpc) is 3.35. The maximum Gasteiger partial charge on any atom is 0.281 e. The molecule has 0 radical (unpaired) electrons. The van der Waals surface area contributed by atoms with E-state index in [1.165, 1.54) is 11.3 Å². The Kier molecular flexibility index (Phi) is 7.78. The summed E-state index contributed by atoms with van der Waals surface area (Å²) in [5.41, 5.74) is 2.01. The Bertz CT molecular complexity index is 1010. The lowest BCUT2D eigenvalue weighted by atomic mass is 9.85. The van der Waals surface area contributed by atoms with Crippen LogP contribution in [-0.2, 0) is 16.1 Å². The highest BCUT2D eigenvalue weighted by molar-refractivity contribution is 14.1. The van der Waals surface area contributed by atoms with Crippen LogP contribution in [0.5, 0.6) is 0 Å². The van der Waals surface area contributed by atoms with Crippen molar-refractivity contribution in [3.8, 4) is 11.3 Å². The fourth-order valence-corrected chi connectivity index (χ4v) is 4.21. The molecule has 3 amide bonds. The topological polar surface area (TPSA) is 125 Å². The number of oxazole rings is 1. The number of likely N-dealkylation sites (tertiary alicyclic amines) is 1. The van der Waals surface area contributed by atoms with E-state index in [1.807, 2.05) is 52.0 Å². The van der Waals surface area contributed by atoms with Crippen LogP contribution in [0.25, 0.3) is 11.3 Å². The number of halogens is 1. The van der Waals surface area contributed by atoms with E-state index >= 15 is 0 Å². The number of aryl methyl sites for hydroxylation is 1. The monoisotopic (exact) mass is 568 g/mol. The van der Waals surface area contributed by atoms with Gasteiger partial charge in [0.2, 0.25) is 11.8 Å². The molecule has 33 heavy (non-hydrogen) atoms. The van der Waals surface area contributed by atoms with E-state index < -0.39 is 23.6 Å². The van der Waals surface area contributed by atoms with Crippen molar-refractivity contribution < 1.29 is 23.9 Å². The van der Waals surface area contributed by atoms with E-state index in [0.717, 1.165) is 16.8 Å². The third kappa shape index (κ3) is 6.11. The van der Waals surface area contributed by atoms with Crippen molar-refractivity contribution in [3.63, 3.8) is 0 Å². The second-order valence-electron chi connectivity index (χ2n) is 9.29. The number of aliphatic hydroxyl groups is 1. The summed E-state index contributed by atoms with van der Waals surface area (Å²) >= 11 is 1.59. The van der Waals surface area contributed by atoms with Crippen molar-refractivity contribution >= 4 is 38.3 Å². The maximum absolute atomic E-state index is 13.2. The Hall–Kier alpha value is -2.47. The summed E-state index contributed by atoms with van der Waals surface area (Å²) in [6.07, 6.45) is 0.749. The minimum Gasteiger partial charge on any atom is -0.443 e. The first-order valence-corrected chi connectivity index (χ1v) is 11.8. The van der Waals surface area contributed by atoms with Gasteiger partial charge in [0.1, 0.15) is 12.1 Å². The summed E-state index contributed by atoms with van der Waals surface area (Å²) in [4.78, 5) is 43.3. The standard InChI is InChI=1S/C23H29IN4O5/c1-13-18(33-12-26-13)15-7-5-14(6-8-15)10-25-20(30)17-9-16(29)11-28(17)21(31)19(23(2,3)4)27-22(24)32/h5-8,12,16-17,19,29H,9-11H2,1-4H3,(H,25,30)(H,27,32). The Morgan fingerprint density at radius 1 is 1.27 bits per heavy atom. The SMILES string of the molecule is Cc1ncoc1-c1ccc(CNC(=O)C2CC(O)CN2C(=O)C(NC(=O)I)C(C)(C)C)cc1. The molecule has 3 N–H and O–H groups in total. The number of aromatic nitrogens is 1. The molecule has 178 valence electrons. The highest BCUT2D eigenvalue weighted by Gasteiger charge is 2.44. The van der Waals surface area contributed by atoms with Crippen LogP contribution in [-0.4, -0.2) is 55.5 Å². The van der Waals surface area contributed by atoms with Crippen LogP contribution in [0.15, 0.2) is 35.1 Å². The van der Waals surface area contributed by atoms with Gasteiger partial charge in [-0.3, -0.25) is 14.4 Å². The minimum atomic E-state index is -0.811. The molecule has 0 saturated carbocycles. The molecule has 1 aromatic carbocycles. The number of amides is 3. The number of β-amino-alcohol motifs (C(OH)–C–C–N with tert-alkyl or cyclic N) is 1. The van der Waals surface area contributed by atoms with Gasteiger partial charge in [-0.15, -0.1) is 0 Å². The second kappa shape index (κ2) is 10.2. The molecule has 2 heterocycles. The van der Waals surface area contributed by atoms with Gasteiger partial charge in [-0.2, -0.15) is 0 Å². The Morgan fingerprint density at radius 3 is 2.48 bits per heavy atom. The number of nitrogens with zero attached hydrogens (tertiary/aromatic N) is 2. The van der Waals surface area contributed by atoms with Crippen molar-refractivity contribution in [1.82, 2.24) is 20.5 Å². The molecule has 2 aromatic rings. The second-order valence-corrected chi connectivity index (χ2v) is 10.3. The molecule has 10 heteroatoms. The van der Waals surface area contributed by atoms with Crippen LogP contribution in [0, 0.1) is 12.3 Å². The van der Waals surface area contributed by atoms with Crippen LogP contribution in [0.3, 0.4) is 0 Å². The molecular weight excluding hydrogens is 539 g/mol. The number of carbonyl (C=O) groups excluding carboxylic acids is 3. The number of hydrogen-bond donors (Lipinski definition) is 3. The molecule has 3 unspecified atom stereocenters. The van der Waals surface area contributed by atoms with Gasteiger partial charge in [0.05, 0.1) is 11.8 Å². The molecule has 1 fully saturated rings. The smallest absolute Gasteiger partial charge is 0.281 e. The Morgan fingerprint density at radius 2 is 1.94 bits per heavy atom. The zero-order chi connectivity index (χ0) is 24.3. The number of nitrogens with one attached hydrogen (secondary N) is 2. The van der Waals surface area contributed by atoms with Crippen molar-refractivity contribution in [2.75, 3.05) is 6.54 Å². The van der Waals surface area contributed by atoms with Gasteiger partial charge in [0.15, 0.2) is 12.2 Å². The largest absolute Gasteiger partial charge is 0.443 e. The first-order valence-electron chi connectivity index (χ1n) is 10.7. The molecule has 1 aliphatic heterocycles. The van der Waals surface area contributed by atoms with E-state index in [1.54, 1.807) is 22.6 Å². The molecule has 0 spiro atoms. The molecule has 1 saturated heterocycles. The summed E-state index contributed by atoms with van der Waals surface area (Å²) < 4.78 is 5.04. The van der Waals surface area contributed by atoms with Gasteiger partial charge in [0, 0.05) is 47.7 Å². The van der Waals surface area contributed by atoms with Gasteiger partial charge in [-0.1, -0.05) is 45.0 Å². The summed E-state index contributed by atoms with van der Waals surface area (Å²) in [5.74, 6) is -0.0220. The van der Waals surface area contributed by atoms with E-state index in [9.17, 15) is 19.5 Å². The van der Waals surface area contributed by atoms with E-state index in [0.29, 0.717) is 5.76 Å². The van der Waals surface area contributed by atoms with E-state index in [-0.39, 0.29) is 35.2 Å². The van der Waals surface area contributed by atoms with Gasteiger partial charge in [-0.05, 0) is 17.9 Å². The summed E-state index contributed by atoms with van der Waals surface area (Å²) in [7, 11) is 0. The zero-order valence-corrected chi connectivity index (χ0v) is 21.3. The summed E-state index contributed by atoms with van der Waals surface area (Å²) in [5, 5.41) is 15.7. The molecular formula is C23H29IN4O5. The zero-order valence-electron chi connectivity index (χ0n) is 19.1. The number of aliphatic hydroxyl groups excluding tert-OH is 1. The fourth-order valence-electron chi connectivity index (χ4n) is 3.89. The predicted molar refractivity (Wildman–Crippen MR) is 130 cm³/mol. The molecule has 9 nitrogen and oxygen atoms in total. The van der Waals surface area contributed by atoms with Crippen LogP contribution < -0.4 is 10.6 Å². The Labute approximate surface area is 206 Å². The summed E-state index contributed by atoms with van der Waals surface area (Å²) in [6.45, 7) is 7.71. The van der Waals surface area contributed by atoms with Crippen LogP contribution in [0.1, 0.15) is 38.4 Å². The van der Waals surface area contributed by atoms with Gasteiger partial charge < -0.3 is 25.1 Å². The molecule has 3 rings (SSSR count). The quantitative estimate of drug-likeness (QED) is 0.280. The molecule has 1 aliphatic rings. The molecule has 1 aromatic heterocycles. The van der Waals surface area contributed by atoms with Crippen molar-refractivity contribution in [3.05, 3.63) is 41.9 Å². The third-order valence-electron chi connectivity index (χ3n) is 5.66. The van der Waals surface area contributed by atoms with Crippen LogP contribution in [0.4, 0.5) is 4.79 Å². The third-order valence-corrected chi connectivity index (χ3v) is 5.98. The lowest BCUT2D eigenvalue weighted by molar-refractivity contribution is -0.141. The number of benzene rings is 1. The normalized spacial score (nSPS) is 19.3. The van der Waals surface area contributed by atoms with Crippen molar-refractivity contribution in [1.29, 1.82) is 0 Å².